The van der Waals surface area contributed by atoms with Gasteiger partial charge in [0.05, 0.1) is 39.0 Å². The molecular formula is C16H23BrClN5O. The number of rotatable bonds is 7. The van der Waals surface area contributed by atoms with E-state index in [1.54, 1.807) is 4.68 Å². The second kappa shape index (κ2) is 8.16. The van der Waals surface area contributed by atoms with E-state index in [0.717, 1.165) is 34.5 Å². The van der Waals surface area contributed by atoms with Gasteiger partial charge in [0.1, 0.15) is 0 Å². The van der Waals surface area contributed by atoms with Crippen molar-refractivity contribution in [1.82, 2.24) is 24.9 Å². The summed E-state index contributed by atoms with van der Waals surface area (Å²) in [7, 11) is 0. The molecule has 132 valence electrons. The molecule has 0 aliphatic heterocycles. The van der Waals surface area contributed by atoms with Crippen LogP contribution in [0.3, 0.4) is 0 Å². The average molecular weight is 417 g/mol. The lowest BCUT2D eigenvalue weighted by atomic mass is 10.1. The summed E-state index contributed by atoms with van der Waals surface area (Å²) in [5, 5.41) is 12.4. The molecule has 0 aliphatic carbocycles. The number of nitrogens with one attached hydrogen (secondary N) is 1. The SMILES string of the molecule is Cc1nn(CCCNC(=O)C(C)Cn2nc(C)c(Cl)c2C)cc1Br. The van der Waals surface area contributed by atoms with Crippen molar-refractivity contribution in [2.24, 2.45) is 5.92 Å². The van der Waals surface area contributed by atoms with Crippen molar-refractivity contribution in [3.05, 3.63) is 32.8 Å². The number of aromatic nitrogens is 4. The highest BCUT2D eigenvalue weighted by Gasteiger charge is 2.17. The molecule has 0 saturated carbocycles. The largest absolute Gasteiger partial charge is 0.356 e. The number of carbonyl (C=O) groups is 1. The highest BCUT2D eigenvalue weighted by Crippen LogP contribution is 2.19. The minimum absolute atomic E-state index is 0.0245. The predicted molar refractivity (Wildman–Crippen MR) is 98.2 cm³/mol. The second-order valence-electron chi connectivity index (χ2n) is 6.04. The normalized spacial score (nSPS) is 12.4. The van der Waals surface area contributed by atoms with E-state index in [-0.39, 0.29) is 11.8 Å². The lowest BCUT2D eigenvalue weighted by Gasteiger charge is -2.13. The van der Waals surface area contributed by atoms with Crippen molar-refractivity contribution in [3.8, 4) is 0 Å². The third-order valence-corrected chi connectivity index (χ3v) is 5.26. The van der Waals surface area contributed by atoms with Gasteiger partial charge in [-0.3, -0.25) is 14.2 Å². The number of halogens is 2. The summed E-state index contributed by atoms with van der Waals surface area (Å²) in [4.78, 5) is 12.2. The smallest absolute Gasteiger partial charge is 0.224 e. The van der Waals surface area contributed by atoms with Crippen molar-refractivity contribution in [1.29, 1.82) is 0 Å². The molecule has 1 unspecified atom stereocenters. The molecule has 0 aromatic carbocycles. The molecule has 0 radical (unpaired) electrons. The molecular weight excluding hydrogens is 394 g/mol. The Bertz CT molecular complexity index is 705. The Balaban J connectivity index is 1.76. The van der Waals surface area contributed by atoms with E-state index in [4.69, 9.17) is 11.6 Å². The van der Waals surface area contributed by atoms with E-state index in [9.17, 15) is 4.79 Å². The minimum atomic E-state index is -0.167. The monoisotopic (exact) mass is 415 g/mol. The molecule has 2 aromatic rings. The van der Waals surface area contributed by atoms with Crippen molar-refractivity contribution in [3.63, 3.8) is 0 Å². The molecule has 0 aliphatic rings. The highest BCUT2D eigenvalue weighted by molar-refractivity contribution is 9.10. The van der Waals surface area contributed by atoms with Crippen LogP contribution in [0.1, 0.15) is 30.4 Å². The molecule has 0 spiro atoms. The molecule has 2 aromatic heterocycles. The Morgan fingerprint density at radius 3 is 2.58 bits per heavy atom. The molecule has 1 atom stereocenters. The van der Waals surface area contributed by atoms with Crippen LogP contribution in [0.2, 0.25) is 5.02 Å². The second-order valence-corrected chi connectivity index (χ2v) is 7.27. The van der Waals surface area contributed by atoms with Gasteiger partial charge in [0.15, 0.2) is 0 Å². The first-order valence-corrected chi connectivity index (χ1v) is 9.13. The van der Waals surface area contributed by atoms with Gasteiger partial charge in [0.2, 0.25) is 5.91 Å². The van der Waals surface area contributed by atoms with Gasteiger partial charge in [-0.25, -0.2) is 0 Å². The van der Waals surface area contributed by atoms with E-state index in [2.05, 4.69) is 31.4 Å². The van der Waals surface area contributed by atoms with Gasteiger partial charge < -0.3 is 5.32 Å². The average Bonchev–Trinajstić information content (AvgIpc) is 2.97. The van der Waals surface area contributed by atoms with Crippen LogP contribution >= 0.6 is 27.5 Å². The number of carbonyl (C=O) groups excluding carboxylic acids is 1. The molecule has 0 saturated heterocycles. The molecule has 1 N–H and O–H groups in total. The van der Waals surface area contributed by atoms with Crippen molar-refractivity contribution in [2.45, 2.75) is 47.2 Å². The number of aryl methyl sites for hydroxylation is 3. The first kappa shape index (κ1) is 19.0. The fourth-order valence-electron chi connectivity index (χ4n) is 2.43. The van der Waals surface area contributed by atoms with Gasteiger partial charge in [0, 0.05) is 19.3 Å². The van der Waals surface area contributed by atoms with Crippen LogP contribution in [0.4, 0.5) is 0 Å². The molecule has 2 rings (SSSR count). The standard InChI is InChI=1S/C16H23BrClN5O/c1-10(8-23-13(4)15(18)12(3)21-23)16(24)19-6-5-7-22-9-14(17)11(2)20-22/h9-10H,5-8H2,1-4H3,(H,19,24). The molecule has 8 heteroatoms. The van der Waals surface area contributed by atoms with Gasteiger partial charge >= 0.3 is 0 Å². The van der Waals surface area contributed by atoms with Crippen molar-refractivity contribution < 1.29 is 4.79 Å². The van der Waals surface area contributed by atoms with Gasteiger partial charge in [-0.15, -0.1) is 0 Å². The zero-order valence-electron chi connectivity index (χ0n) is 14.4. The summed E-state index contributed by atoms with van der Waals surface area (Å²) >= 11 is 9.58. The van der Waals surface area contributed by atoms with Crippen LogP contribution in [0.25, 0.3) is 0 Å². The zero-order chi connectivity index (χ0) is 17.9. The van der Waals surface area contributed by atoms with Crippen LogP contribution < -0.4 is 5.32 Å². The van der Waals surface area contributed by atoms with E-state index in [0.29, 0.717) is 18.1 Å². The quantitative estimate of drug-likeness (QED) is 0.705. The zero-order valence-corrected chi connectivity index (χ0v) is 16.8. The summed E-state index contributed by atoms with van der Waals surface area (Å²) in [6.07, 6.45) is 2.78. The third kappa shape index (κ3) is 4.60. The van der Waals surface area contributed by atoms with Gasteiger partial charge in [-0.1, -0.05) is 18.5 Å². The third-order valence-electron chi connectivity index (χ3n) is 3.94. The molecule has 0 fully saturated rings. The topological polar surface area (TPSA) is 64.7 Å². The first-order chi connectivity index (χ1) is 11.3. The number of nitrogens with zero attached hydrogens (tertiary/aromatic N) is 4. The van der Waals surface area contributed by atoms with E-state index >= 15 is 0 Å². The van der Waals surface area contributed by atoms with Gasteiger partial charge in [0.25, 0.3) is 0 Å². The lowest BCUT2D eigenvalue weighted by Crippen LogP contribution is -2.33. The van der Waals surface area contributed by atoms with Crippen LogP contribution in [-0.4, -0.2) is 32.0 Å². The first-order valence-electron chi connectivity index (χ1n) is 7.96. The maximum atomic E-state index is 12.2. The van der Waals surface area contributed by atoms with E-state index < -0.39 is 0 Å². The maximum absolute atomic E-state index is 12.2. The summed E-state index contributed by atoms with van der Waals surface area (Å²) in [5.74, 6) is -0.142. The van der Waals surface area contributed by atoms with Crippen LogP contribution in [0.5, 0.6) is 0 Å². The highest BCUT2D eigenvalue weighted by atomic mass is 79.9. The van der Waals surface area contributed by atoms with E-state index in [1.807, 2.05) is 38.6 Å². The Hall–Kier alpha value is -1.34. The number of hydrogen-bond donors (Lipinski definition) is 1. The summed E-state index contributed by atoms with van der Waals surface area (Å²) < 4.78 is 4.68. The fourth-order valence-corrected chi connectivity index (χ4v) is 2.88. The van der Waals surface area contributed by atoms with Crippen molar-refractivity contribution >= 4 is 33.4 Å². The molecule has 1 amide bonds. The Kier molecular flexibility index (Phi) is 6.46. The molecule has 6 nitrogen and oxygen atoms in total. The van der Waals surface area contributed by atoms with E-state index in [1.165, 1.54) is 0 Å². The maximum Gasteiger partial charge on any atom is 0.224 e. The molecule has 0 bridgehead atoms. The van der Waals surface area contributed by atoms with Crippen LogP contribution in [0, 0.1) is 26.7 Å². The molecule has 24 heavy (non-hydrogen) atoms. The Morgan fingerprint density at radius 2 is 2.04 bits per heavy atom. The number of hydrogen-bond acceptors (Lipinski definition) is 3. The number of amides is 1. The Labute approximate surface area is 155 Å². The van der Waals surface area contributed by atoms with Crippen LogP contribution in [-0.2, 0) is 17.9 Å². The minimum Gasteiger partial charge on any atom is -0.356 e. The van der Waals surface area contributed by atoms with Crippen LogP contribution in [0.15, 0.2) is 10.7 Å². The molecule has 2 heterocycles. The Morgan fingerprint density at radius 1 is 1.33 bits per heavy atom. The summed E-state index contributed by atoms with van der Waals surface area (Å²) in [6.45, 7) is 9.55. The summed E-state index contributed by atoms with van der Waals surface area (Å²) in [5.41, 5.74) is 2.66. The summed E-state index contributed by atoms with van der Waals surface area (Å²) in [6, 6.07) is 0. The predicted octanol–water partition coefficient (Wildman–Crippen LogP) is 3.26. The van der Waals surface area contributed by atoms with Gasteiger partial charge in [-0.2, -0.15) is 10.2 Å². The van der Waals surface area contributed by atoms with Gasteiger partial charge in [-0.05, 0) is 43.1 Å². The lowest BCUT2D eigenvalue weighted by molar-refractivity contribution is -0.124. The fraction of sp³-hybridized carbons (Fsp3) is 0.562. The van der Waals surface area contributed by atoms with Crippen molar-refractivity contribution in [2.75, 3.05) is 6.54 Å².